The predicted octanol–water partition coefficient (Wildman–Crippen LogP) is 2.00. The van der Waals surface area contributed by atoms with Gasteiger partial charge in [-0.1, -0.05) is 17.7 Å². The van der Waals surface area contributed by atoms with Crippen LogP contribution < -0.4 is 0 Å². The van der Waals surface area contributed by atoms with Gasteiger partial charge in [-0.25, -0.2) is 13.2 Å². The minimum Gasteiger partial charge on any atom is -0.444 e. The third kappa shape index (κ3) is 4.46. The highest BCUT2D eigenvalue weighted by Crippen LogP contribution is 2.52. The number of amides is 1. The first-order valence-electron chi connectivity index (χ1n) is 11.0. The molecule has 0 saturated carbocycles. The minimum absolute atomic E-state index is 0.00313. The summed E-state index contributed by atoms with van der Waals surface area (Å²) in [4.78, 5) is 14.5. The Balaban J connectivity index is 1.86. The Hall–Kier alpha value is -1.73. The quantitative estimate of drug-likeness (QED) is 0.551. The van der Waals surface area contributed by atoms with Gasteiger partial charge in [0.15, 0.2) is 15.6 Å². The van der Waals surface area contributed by atoms with Crippen LogP contribution in [0.5, 0.6) is 0 Å². The smallest absolute Gasteiger partial charge is 0.411 e. The summed E-state index contributed by atoms with van der Waals surface area (Å²) in [6.45, 7) is 10.2. The van der Waals surface area contributed by atoms with Crippen molar-refractivity contribution >= 4 is 26.0 Å². The highest BCUT2D eigenvalue weighted by Gasteiger charge is 2.74. The number of sulfone groups is 1. The van der Waals surface area contributed by atoms with E-state index in [4.69, 9.17) is 18.4 Å². The number of fused-ring (bicyclic) bond motifs is 5. The van der Waals surface area contributed by atoms with Crippen molar-refractivity contribution in [1.82, 2.24) is 4.90 Å². The van der Waals surface area contributed by atoms with Gasteiger partial charge in [0.05, 0.1) is 23.2 Å². The Morgan fingerprint density at radius 2 is 1.53 bits per heavy atom. The van der Waals surface area contributed by atoms with Crippen molar-refractivity contribution in [1.29, 1.82) is 0 Å². The lowest BCUT2D eigenvalue weighted by Crippen LogP contribution is -2.55. The lowest BCUT2D eigenvalue weighted by atomic mass is 9.92. The highest BCUT2D eigenvalue weighted by atomic mass is 32.2. The maximum absolute atomic E-state index is 13.9. The van der Waals surface area contributed by atoms with Crippen molar-refractivity contribution in [3.8, 4) is 0 Å². The highest BCUT2D eigenvalue weighted by molar-refractivity contribution is 7.92. The van der Waals surface area contributed by atoms with E-state index in [0.29, 0.717) is 0 Å². The maximum atomic E-state index is 13.9. The molecular formula is C22H31NO9S2. The SMILES string of the molecule is Cc1ccc(S(=O)(=O)[C@H]2[C@@H](OS(C)(=O)=O)[C@H]3[C@@H]4OC(C)(C)O[C@@H]4[C@@H]2N3C(=O)OC(C)(C)C)cc1. The zero-order valence-electron chi connectivity index (χ0n) is 20.2. The lowest BCUT2D eigenvalue weighted by molar-refractivity contribution is -0.162. The van der Waals surface area contributed by atoms with Crippen molar-refractivity contribution in [2.24, 2.45) is 0 Å². The van der Waals surface area contributed by atoms with Crippen LogP contribution in [0.25, 0.3) is 0 Å². The molecule has 1 aromatic rings. The zero-order chi connectivity index (χ0) is 25.4. The summed E-state index contributed by atoms with van der Waals surface area (Å²) in [5.74, 6) is -1.05. The molecule has 0 N–H and O–H groups in total. The molecule has 4 rings (SSSR count). The van der Waals surface area contributed by atoms with E-state index in [1.165, 1.54) is 17.0 Å². The van der Waals surface area contributed by atoms with E-state index in [1.54, 1.807) is 46.8 Å². The van der Waals surface area contributed by atoms with Gasteiger partial charge in [0.25, 0.3) is 10.1 Å². The van der Waals surface area contributed by atoms with Gasteiger partial charge in [0.2, 0.25) is 0 Å². The predicted molar refractivity (Wildman–Crippen MR) is 121 cm³/mol. The first-order valence-corrected chi connectivity index (χ1v) is 14.3. The van der Waals surface area contributed by atoms with Crippen LogP contribution >= 0.6 is 0 Å². The number of hydrogen-bond donors (Lipinski definition) is 0. The second-order valence-corrected chi connectivity index (χ2v) is 14.2. The first kappa shape index (κ1) is 25.4. The summed E-state index contributed by atoms with van der Waals surface area (Å²) in [5, 5.41) is -1.42. The van der Waals surface area contributed by atoms with Gasteiger partial charge in [0, 0.05) is 0 Å². The second-order valence-electron chi connectivity index (χ2n) is 10.5. The molecule has 3 aliphatic heterocycles. The fourth-order valence-corrected chi connectivity index (χ4v) is 7.82. The zero-order valence-corrected chi connectivity index (χ0v) is 21.8. The maximum Gasteiger partial charge on any atom is 0.411 e. The number of carbonyl (C=O) groups is 1. The molecule has 0 spiro atoms. The van der Waals surface area contributed by atoms with Crippen LogP contribution in [0.15, 0.2) is 29.2 Å². The van der Waals surface area contributed by atoms with E-state index in [1.807, 2.05) is 6.92 Å². The summed E-state index contributed by atoms with van der Waals surface area (Å²) < 4.78 is 75.2. The third-order valence-electron chi connectivity index (χ3n) is 6.07. The standard InChI is InChI=1S/C22H31NO9S2/c1-12-8-10-13(11-9-12)34(27,28)19-15-17-16(29-22(5,6)30-17)14(18(19)32-33(7,25)26)23(15)20(24)31-21(2,3)4/h8-11,14-19H,1-7H3/t14-,15+,16+,17-,18+,19-/m1/s1. The largest absolute Gasteiger partial charge is 0.444 e. The number of nitrogens with zero attached hydrogens (tertiary/aromatic N) is 1. The van der Waals surface area contributed by atoms with E-state index in [2.05, 4.69) is 0 Å². The molecule has 12 heteroatoms. The molecule has 3 aliphatic rings. The average Bonchev–Trinajstić information content (AvgIpc) is 3.22. The molecule has 0 radical (unpaired) electrons. The number of carbonyl (C=O) groups excluding carboxylic acids is 1. The van der Waals surface area contributed by atoms with Gasteiger partial charge in [-0.05, 0) is 53.7 Å². The molecule has 3 fully saturated rings. The third-order valence-corrected chi connectivity index (χ3v) is 8.84. The Labute approximate surface area is 200 Å². The number of aryl methyl sites for hydroxylation is 1. The van der Waals surface area contributed by atoms with Gasteiger partial charge < -0.3 is 14.2 Å². The van der Waals surface area contributed by atoms with Crippen LogP contribution in [0, 0.1) is 6.92 Å². The molecule has 0 unspecified atom stereocenters. The van der Waals surface area contributed by atoms with E-state index >= 15 is 0 Å². The number of benzene rings is 1. The van der Waals surface area contributed by atoms with E-state index in [9.17, 15) is 21.6 Å². The fourth-order valence-electron chi connectivity index (χ4n) is 5.06. The minimum atomic E-state index is -4.17. The monoisotopic (exact) mass is 517 g/mol. The molecule has 190 valence electrons. The summed E-state index contributed by atoms with van der Waals surface area (Å²) in [6, 6.07) is 4.09. The van der Waals surface area contributed by atoms with E-state index in [-0.39, 0.29) is 4.90 Å². The normalized spacial score (nSPS) is 32.6. The van der Waals surface area contributed by atoms with E-state index in [0.717, 1.165) is 11.8 Å². The van der Waals surface area contributed by atoms with Crippen molar-refractivity contribution in [2.75, 3.05) is 6.26 Å². The van der Waals surface area contributed by atoms with Crippen molar-refractivity contribution < 1.29 is 40.0 Å². The molecule has 34 heavy (non-hydrogen) atoms. The summed E-state index contributed by atoms with van der Waals surface area (Å²) in [7, 11) is -8.26. The molecule has 1 amide bonds. The topological polar surface area (TPSA) is 126 Å². The fraction of sp³-hybridized carbons (Fsp3) is 0.682. The van der Waals surface area contributed by atoms with Gasteiger partial charge in [-0.15, -0.1) is 0 Å². The van der Waals surface area contributed by atoms with Crippen LogP contribution in [-0.4, -0.2) is 81.1 Å². The Morgan fingerprint density at radius 1 is 1.00 bits per heavy atom. The Kier molecular flexibility index (Phi) is 5.88. The first-order chi connectivity index (χ1) is 15.4. The number of rotatable bonds is 4. The molecule has 10 nitrogen and oxygen atoms in total. The van der Waals surface area contributed by atoms with Gasteiger partial charge in [-0.3, -0.25) is 9.08 Å². The van der Waals surface area contributed by atoms with Crippen LogP contribution in [0.3, 0.4) is 0 Å². The lowest BCUT2D eigenvalue weighted by Gasteiger charge is -2.32. The van der Waals surface area contributed by atoms with E-state index < -0.39 is 73.1 Å². The molecule has 3 saturated heterocycles. The van der Waals surface area contributed by atoms with Gasteiger partial charge in [0.1, 0.15) is 29.2 Å². The van der Waals surface area contributed by atoms with Crippen LogP contribution in [-0.2, 0) is 38.3 Å². The molecule has 1 aromatic carbocycles. The molecule has 3 heterocycles. The molecular weight excluding hydrogens is 486 g/mol. The number of hydrogen-bond acceptors (Lipinski definition) is 9. The molecule has 0 aliphatic carbocycles. The van der Waals surface area contributed by atoms with Gasteiger partial charge in [-0.2, -0.15) is 8.42 Å². The summed E-state index contributed by atoms with van der Waals surface area (Å²) in [5.41, 5.74) is -0.00572. The van der Waals surface area contributed by atoms with Crippen LogP contribution in [0.1, 0.15) is 40.2 Å². The van der Waals surface area contributed by atoms with Gasteiger partial charge >= 0.3 is 6.09 Å². The summed E-state index contributed by atoms with van der Waals surface area (Å²) in [6.07, 6.45) is -2.94. The van der Waals surface area contributed by atoms with Crippen LogP contribution in [0.2, 0.25) is 0 Å². The van der Waals surface area contributed by atoms with Crippen molar-refractivity contribution in [2.45, 2.75) is 93.5 Å². The summed E-state index contributed by atoms with van der Waals surface area (Å²) >= 11 is 0. The Bertz CT molecular complexity index is 1190. The number of ether oxygens (including phenoxy) is 3. The second kappa shape index (κ2) is 7.89. The van der Waals surface area contributed by atoms with Crippen molar-refractivity contribution in [3.05, 3.63) is 29.8 Å². The van der Waals surface area contributed by atoms with Crippen LogP contribution in [0.4, 0.5) is 4.79 Å². The average molecular weight is 518 g/mol. The Morgan fingerprint density at radius 3 is 2.03 bits per heavy atom. The van der Waals surface area contributed by atoms with Crippen molar-refractivity contribution in [3.63, 3.8) is 0 Å². The molecule has 2 bridgehead atoms. The molecule has 0 aromatic heterocycles. The molecule has 6 atom stereocenters.